The van der Waals surface area contributed by atoms with Crippen molar-refractivity contribution in [1.82, 2.24) is 9.97 Å². The van der Waals surface area contributed by atoms with Crippen LogP contribution in [0.25, 0.3) is 0 Å². The van der Waals surface area contributed by atoms with Crippen LogP contribution in [0.5, 0.6) is 0 Å². The SMILES string of the molecule is CC1CN(c2ncnc(NN)c2[N+](=O)[O-])CCCO1. The summed E-state index contributed by atoms with van der Waals surface area (Å²) in [5, 5.41) is 11.2. The molecule has 19 heavy (non-hydrogen) atoms. The molecule has 0 spiro atoms. The molecule has 1 aromatic heterocycles. The smallest absolute Gasteiger partial charge is 0.354 e. The van der Waals surface area contributed by atoms with Crippen molar-refractivity contribution in [1.29, 1.82) is 0 Å². The van der Waals surface area contributed by atoms with E-state index in [9.17, 15) is 10.1 Å². The summed E-state index contributed by atoms with van der Waals surface area (Å²) in [6.07, 6.45) is 2.04. The summed E-state index contributed by atoms with van der Waals surface area (Å²) < 4.78 is 5.52. The molecule has 2 rings (SSSR count). The van der Waals surface area contributed by atoms with Gasteiger partial charge in [-0.05, 0) is 13.3 Å². The van der Waals surface area contributed by atoms with E-state index in [2.05, 4.69) is 15.4 Å². The highest BCUT2D eigenvalue weighted by Gasteiger charge is 2.28. The van der Waals surface area contributed by atoms with Gasteiger partial charge in [0.25, 0.3) is 0 Å². The second-order valence-electron chi connectivity index (χ2n) is 4.28. The van der Waals surface area contributed by atoms with Crippen molar-refractivity contribution >= 4 is 17.3 Å². The van der Waals surface area contributed by atoms with Gasteiger partial charge in [0.15, 0.2) is 0 Å². The number of rotatable bonds is 3. The first kappa shape index (κ1) is 13.4. The van der Waals surface area contributed by atoms with E-state index in [1.807, 2.05) is 11.8 Å². The van der Waals surface area contributed by atoms with E-state index in [1.54, 1.807) is 0 Å². The van der Waals surface area contributed by atoms with Gasteiger partial charge in [-0.15, -0.1) is 0 Å². The minimum Gasteiger partial charge on any atom is -0.377 e. The van der Waals surface area contributed by atoms with Crippen LogP contribution in [0.3, 0.4) is 0 Å². The van der Waals surface area contributed by atoms with Crippen molar-refractivity contribution in [3.8, 4) is 0 Å². The van der Waals surface area contributed by atoms with E-state index in [0.29, 0.717) is 19.7 Å². The Morgan fingerprint density at radius 2 is 2.42 bits per heavy atom. The van der Waals surface area contributed by atoms with E-state index in [4.69, 9.17) is 10.6 Å². The third-order valence-corrected chi connectivity index (χ3v) is 2.87. The predicted molar refractivity (Wildman–Crippen MR) is 68.7 cm³/mol. The maximum absolute atomic E-state index is 11.2. The van der Waals surface area contributed by atoms with Gasteiger partial charge in [-0.2, -0.15) is 0 Å². The van der Waals surface area contributed by atoms with E-state index in [1.165, 1.54) is 6.33 Å². The third-order valence-electron chi connectivity index (χ3n) is 2.87. The summed E-state index contributed by atoms with van der Waals surface area (Å²) in [5.41, 5.74) is 2.02. The van der Waals surface area contributed by atoms with Crippen molar-refractivity contribution in [2.75, 3.05) is 30.0 Å². The fraction of sp³-hybridized carbons (Fsp3) is 0.600. The molecular formula is C10H16N6O3. The van der Waals surface area contributed by atoms with Gasteiger partial charge in [0.1, 0.15) is 6.33 Å². The lowest BCUT2D eigenvalue weighted by Crippen LogP contribution is -2.31. The third kappa shape index (κ3) is 2.88. The van der Waals surface area contributed by atoms with Crippen LogP contribution in [0.1, 0.15) is 13.3 Å². The Morgan fingerprint density at radius 1 is 1.63 bits per heavy atom. The molecule has 1 fully saturated rings. The maximum atomic E-state index is 11.2. The van der Waals surface area contributed by atoms with Gasteiger partial charge in [0.05, 0.1) is 11.0 Å². The molecule has 2 heterocycles. The number of hydrogen-bond donors (Lipinski definition) is 2. The summed E-state index contributed by atoms with van der Waals surface area (Å²) in [6.45, 7) is 3.75. The van der Waals surface area contributed by atoms with Crippen LogP contribution in [-0.2, 0) is 4.74 Å². The fourth-order valence-electron chi connectivity index (χ4n) is 2.06. The molecular weight excluding hydrogens is 252 g/mol. The normalized spacial score (nSPS) is 19.9. The summed E-state index contributed by atoms with van der Waals surface area (Å²) in [7, 11) is 0. The average Bonchev–Trinajstić information content (AvgIpc) is 2.62. The molecule has 3 N–H and O–H groups in total. The van der Waals surface area contributed by atoms with E-state index in [-0.39, 0.29) is 23.4 Å². The summed E-state index contributed by atoms with van der Waals surface area (Å²) in [6, 6.07) is 0. The molecule has 104 valence electrons. The molecule has 1 aliphatic heterocycles. The standard InChI is InChI=1S/C10H16N6O3/c1-7-5-15(3-2-4-19-7)10-8(16(17)18)9(14-11)12-6-13-10/h6-7H,2-5,11H2,1H3,(H,12,13,14). The van der Waals surface area contributed by atoms with E-state index >= 15 is 0 Å². The minimum atomic E-state index is -0.527. The van der Waals surface area contributed by atoms with Crippen LogP contribution in [0.2, 0.25) is 0 Å². The molecule has 1 unspecified atom stereocenters. The Labute approximate surface area is 109 Å². The quantitative estimate of drug-likeness (QED) is 0.456. The highest BCUT2D eigenvalue weighted by Crippen LogP contribution is 2.31. The van der Waals surface area contributed by atoms with Crippen molar-refractivity contribution in [2.45, 2.75) is 19.4 Å². The molecule has 9 heteroatoms. The largest absolute Gasteiger partial charge is 0.377 e. The Balaban J connectivity index is 2.40. The first-order chi connectivity index (χ1) is 9.13. The first-order valence-electron chi connectivity index (χ1n) is 5.96. The molecule has 0 aromatic carbocycles. The molecule has 1 aliphatic rings. The van der Waals surface area contributed by atoms with Gasteiger partial charge in [-0.1, -0.05) is 0 Å². The Morgan fingerprint density at radius 3 is 3.11 bits per heavy atom. The number of anilines is 2. The number of ether oxygens (including phenoxy) is 1. The summed E-state index contributed by atoms with van der Waals surface area (Å²) >= 11 is 0. The second kappa shape index (κ2) is 5.76. The molecule has 0 aliphatic carbocycles. The van der Waals surface area contributed by atoms with Crippen LogP contribution < -0.4 is 16.2 Å². The van der Waals surface area contributed by atoms with Gasteiger partial charge in [-0.3, -0.25) is 10.1 Å². The zero-order chi connectivity index (χ0) is 13.8. The Hall–Kier alpha value is -2.00. The van der Waals surface area contributed by atoms with Crippen molar-refractivity contribution in [3.63, 3.8) is 0 Å². The number of aromatic nitrogens is 2. The summed E-state index contributed by atoms with van der Waals surface area (Å²) in [5.74, 6) is 5.53. The average molecular weight is 268 g/mol. The van der Waals surface area contributed by atoms with Gasteiger partial charge in [0, 0.05) is 19.7 Å². The highest BCUT2D eigenvalue weighted by molar-refractivity contribution is 5.69. The van der Waals surface area contributed by atoms with Crippen LogP contribution in [-0.4, -0.2) is 40.7 Å². The molecule has 1 atom stereocenters. The second-order valence-corrected chi connectivity index (χ2v) is 4.28. The number of nitrogens with one attached hydrogen (secondary N) is 1. The van der Waals surface area contributed by atoms with Crippen LogP contribution >= 0.6 is 0 Å². The van der Waals surface area contributed by atoms with Crippen molar-refractivity contribution in [2.24, 2.45) is 5.84 Å². The zero-order valence-corrected chi connectivity index (χ0v) is 10.6. The molecule has 0 amide bonds. The first-order valence-corrected chi connectivity index (χ1v) is 5.96. The minimum absolute atomic E-state index is 0.00724. The van der Waals surface area contributed by atoms with Crippen molar-refractivity contribution in [3.05, 3.63) is 16.4 Å². The van der Waals surface area contributed by atoms with Crippen LogP contribution in [0, 0.1) is 10.1 Å². The lowest BCUT2D eigenvalue weighted by atomic mass is 10.3. The Bertz CT molecular complexity index is 469. The number of hydrazine groups is 1. The monoisotopic (exact) mass is 268 g/mol. The molecule has 9 nitrogen and oxygen atoms in total. The number of hydrogen-bond acceptors (Lipinski definition) is 8. The topological polar surface area (TPSA) is 119 Å². The molecule has 0 saturated carbocycles. The van der Waals surface area contributed by atoms with Crippen molar-refractivity contribution < 1.29 is 9.66 Å². The van der Waals surface area contributed by atoms with Crippen LogP contribution in [0.4, 0.5) is 17.3 Å². The molecule has 1 aromatic rings. The molecule has 0 bridgehead atoms. The lowest BCUT2D eigenvalue weighted by Gasteiger charge is -2.22. The number of nitrogens with two attached hydrogens (primary N) is 1. The highest BCUT2D eigenvalue weighted by atomic mass is 16.6. The van der Waals surface area contributed by atoms with Gasteiger partial charge < -0.3 is 15.1 Å². The number of nitro groups is 1. The fourth-order valence-corrected chi connectivity index (χ4v) is 2.06. The van der Waals surface area contributed by atoms with Crippen LogP contribution in [0.15, 0.2) is 6.33 Å². The van der Waals surface area contributed by atoms with Gasteiger partial charge in [-0.25, -0.2) is 15.8 Å². The maximum Gasteiger partial charge on any atom is 0.354 e. The van der Waals surface area contributed by atoms with E-state index < -0.39 is 4.92 Å². The predicted octanol–water partition coefficient (Wildman–Crippen LogP) is 0.286. The zero-order valence-electron chi connectivity index (χ0n) is 10.6. The Kier molecular flexibility index (Phi) is 4.07. The van der Waals surface area contributed by atoms with Gasteiger partial charge in [0.2, 0.25) is 11.6 Å². The number of nitrogens with zero attached hydrogens (tertiary/aromatic N) is 4. The molecule has 0 radical (unpaired) electrons. The van der Waals surface area contributed by atoms with E-state index in [0.717, 1.165) is 6.42 Å². The number of nitrogen functional groups attached to an aromatic ring is 1. The lowest BCUT2D eigenvalue weighted by molar-refractivity contribution is -0.383. The molecule has 1 saturated heterocycles. The summed E-state index contributed by atoms with van der Waals surface area (Å²) in [4.78, 5) is 20.3. The van der Waals surface area contributed by atoms with Gasteiger partial charge >= 0.3 is 5.69 Å².